The van der Waals surface area contributed by atoms with Gasteiger partial charge in [-0.25, -0.2) is 18.2 Å². The molecule has 1 aromatic carbocycles. The van der Waals surface area contributed by atoms with E-state index >= 15 is 0 Å². The second kappa shape index (κ2) is 6.79. The lowest BCUT2D eigenvalue weighted by Crippen LogP contribution is -2.18. The average molecular weight is 284 g/mol. The highest BCUT2D eigenvalue weighted by Crippen LogP contribution is 2.13. The van der Waals surface area contributed by atoms with Crippen LogP contribution in [0.1, 0.15) is 12.5 Å². The molecule has 0 amide bonds. The normalized spacial score (nSPS) is 11.2. The van der Waals surface area contributed by atoms with Gasteiger partial charge in [-0.1, -0.05) is 6.58 Å². The van der Waals surface area contributed by atoms with Crippen molar-refractivity contribution in [3.05, 3.63) is 59.9 Å². The number of benzene rings is 1. The van der Waals surface area contributed by atoms with E-state index in [4.69, 9.17) is 4.74 Å². The van der Waals surface area contributed by atoms with Crippen LogP contribution in [-0.2, 0) is 11.3 Å². The number of aliphatic imine (C=N–C) groups is 1. The van der Waals surface area contributed by atoms with E-state index in [0.29, 0.717) is 11.4 Å². The largest absolute Gasteiger partial charge is 0.481 e. The fourth-order valence-electron chi connectivity index (χ4n) is 1.35. The molecule has 1 rings (SSSR count). The van der Waals surface area contributed by atoms with Crippen LogP contribution in [0.5, 0.6) is 0 Å². The van der Waals surface area contributed by atoms with E-state index < -0.39 is 17.5 Å². The van der Waals surface area contributed by atoms with Crippen molar-refractivity contribution in [2.75, 3.05) is 7.11 Å². The summed E-state index contributed by atoms with van der Waals surface area (Å²) in [6, 6.07) is 1.83. The number of nitrogens with one attached hydrogen (secondary N) is 1. The molecule has 0 aromatic heterocycles. The van der Waals surface area contributed by atoms with Crippen LogP contribution in [0.3, 0.4) is 0 Å². The Hall–Kier alpha value is -2.24. The van der Waals surface area contributed by atoms with Gasteiger partial charge in [-0.05, 0) is 31.2 Å². The van der Waals surface area contributed by atoms with E-state index in [1.807, 2.05) is 0 Å². The van der Waals surface area contributed by atoms with E-state index in [1.165, 1.54) is 7.11 Å². The second-order valence-corrected chi connectivity index (χ2v) is 4.00. The van der Waals surface area contributed by atoms with Crippen molar-refractivity contribution >= 4 is 5.71 Å². The van der Waals surface area contributed by atoms with Crippen LogP contribution in [0, 0.1) is 17.5 Å². The van der Waals surface area contributed by atoms with Gasteiger partial charge in [0, 0.05) is 12.2 Å². The highest BCUT2D eigenvalue weighted by Gasteiger charge is 2.10. The van der Waals surface area contributed by atoms with E-state index in [-0.39, 0.29) is 18.0 Å². The van der Waals surface area contributed by atoms with Gasteiger partial charge in [0.1, 0.15) is 0 Å². The molecule has 0 saturated carbocycles. The van der Waals surface area contributed by atoms with Gasteiger partial charge in [-0.3, -0.25) is 0 Å². The summed E-state index contributed by atoms with van der Waals surface area (Å²) in [7, 11) is 1.43. The lowest BCUT2D eigenvalue weighted by molar-refractivity contribution is 0.290. The monoisotopic (exact) mass is 284 g/mol. The zero-order valence-corrected chi connectivity index (χ0v) is 11.3. The fraction of sp³-hybridized carbons (Fsp3) is 0.214. The molecule has 0 saturated heterocycles. The number of nitrogens with zero attached hydrogens (tertiary/aromatic N) is 1. The molecule has 0 atom stereocenters. The molecule has 0 unspecified atom stereocenters. The minimum Gasteiger partial charge on any atom is -0.481 e. The second-order valence-electron chi connectivity index (χ2n) is 4.00. The highest BCUT2D eigenvalue weighted by atomic mass is 19.2. The SMILES string of the molecule is C=C(/N=C(/C)C(=C)NCc1cc(F)c(F)c(F)c1)OC. The third-order valence-corrected chi connectivity index (χ3v) is 2.51. The average Bonchev–Trinajstić information content (AvgIpc) is 2.41. The van der Waals surface area contributed by atoms with Crippen LogP contribution in [0.4, 0.5) is 13.2 Å². The molecule has 0 bridgehead atoms. The van der Waals surface area contributed by atoms with Crippen molar-refractivity contribution in [1.82, 2.24) is 5.32 Å². The first-order valence-electron chi connectivity index (χ1n) is 5.70. The number of methoxy groups -OCH3 is 1. The molecule has 0 heterocycles. The number of hydrogen-bond acceptors (Lipinski definition) is 3. The predicted octanol–water partition coefficient (Wildman–Crippen LogP) is 3.29. The Labute approximate surface area is 115 Å². The van der Waals surface area contributed by atoms with Gasteiger partial charge in [0.25, 0.3) is 0 Å². The first-order valence-corrected chi connectivity index (χ1v) is 5.70. The molecule has 0 aliphatic heterocycles. The van der Waals surface area contributed by atoms with Gasteiger partial charge in [-0.15, -0.1) is 0 Å². The summed E-state index contributed by atoms with van der Waals surface area (Å²) in [5, 5.41) is 2.82. The minimum absolute atomic E-state index is 0.0826. The van der Waals surface area contributed by atoms with Gasteiger partial charge >= 0.3 is 0 Å². The van der Waals surface area contributed by atoms with Gasteiger partial charge < -0.3 is 10.1 Å². The van der Waals surface area contributed by atoms with Crippen LogP contribution in [-0.4, -0.2) is 12.8 Å². The standard InChI is InChI=1S/C14H15F3N2O/c1-8(9(2)19-10(3)20-4)18-7-11-5-12(15)14(17)13(16)6-11/h5-6,18H,1,3,7H2,2,4H3/b19-9-. The van der Waals surface area contributed by atoms with Gasteiger partial charge in [-0.2, -0.15) is 0 Å². The summed E-state index contributed by atoms with van der Waals surface area (Å²) in [6.45, 7) is 9.00. The minimum atomic E-state index is -1.48. The molecule has 108 valence electrons. The molecule has 0 spiro atoms. The highest BCUT2D eigenvalue weighted by molar-refractivity contribution is 5.97. The van der Waals surface area contributed by atoms with Gasteiger partial charge in [0.2, 0.25) is 5.88 Å². The summed E-state index contributed by atoms with van der Waals surface area (Å²) in [6.07, 6.45) is 0. The first kappa shape index (κ1) is 15.8. The molecule has 0 aliphatic carbocycles. The van der Waals surface area contributed by atoms with E-state index in [9.17, 15) is 13.2 Å². The van der Waals surface area contributed by atoms with E-state index in [2.05, 4.69) is 23.5 Å². The summed E-state index contributed by atoms with van der Waals surface area (Å²) >= 11 is 0. The van der Waals surface area contributed by atoms with Crippen LogP contribution in [0.25, 0.3) is 0 Å². The Balaban J connectivity index is 2.70. The number of halogens is 3. The molecular weight excluding hydrogens is 269 g/mol. The van der Waals surface area contributed by atoms with Crippen molar-refractivity contribution in [3.8, 4) is 0 Å². The van der Waals surface area contributed by atoms with Crippen LogP contribution in [0.15, 0.2) is 41.9 Å². The van der Waals surface area contributed by atoms with Crippen LogP contribution < -0.4 is 5.32 Å². The molecule has 0 radical (unpaired) electrons. The number of hydrogen-bond donors (Lipinski definition) is 1. The Morgan fingerprint density at radius 2 is 1.80 bits per heavy atom. The summed E-state index contributed by atoms with van der Waals surface area (Å²) in [4.78, 5) is 3.99. The Bertz CT molecular complexity index is 545. The summed E-state index contributed by atoms with van der Waals surface area (Å²) in [5.41, 5.74) is 1.20. The summed E-state index contributed by atoms with van der Waals surface area (Å²) in [5.74, 6) is -3.73. The zero-order chi connectivity index (χ0) is 15.3. The molecule has 0 aliphatic rings. The van der Waals surface area contributed by atoms with E-state index in [0.717, 1.165) is 12.1 Å². The van der Waals surface area contributed by atoms with Crippen molar-refractivity contribution in [1.29, 1.82) is 0 Å². The molecular formula is C14H15F3N2O. The maximum Gasteiger partial charge on any atom is 0.205 e. The molecule has 3 nitrogen and oxygen atoms in total. The van der Waals surface area contributed by atoms with Crippen LogP contribution >= 0.6 is 0 Å². The Morgan fingerprint density at radius 3 is 2.30 bits per heavy atom. The molecule has 20 heavy (non-hydrogen) atoms. The topological polar surface area (TPSA) is 33.6 Å². The zero-order valence-electron chi connectivity index (χ0n) is 11.3. The maximum absolute atomic E-state index is 13.0. The first-order chi connectivity index (χ1) is 9.35. The third-order valence-electron chi connectivity index (χ3n) is 2.51. The molecule has 1 aromatic rings. The quantitative estimate of drug-likeness (QED) is 0.494. The Kier molecular flexibility index (Phi) is 5.37. The lowest BCUT2D eigenvalue weighted by Gasteiger charge is -2.10. The van der Waals surface area contributed by atoms with Crippen molar-refractivity contribution < 1.29 is 17.9 Å². The van der Waals surface area contributed by atoms with E-state index in [1.54, 1.807) is 6.92 Å². The molecule has 0 fully saturated rings. The smallest absolute Gasteiger partial charge is 0.205 e. The van der Waals surface area contributed by atoms with Crippen molar-refractivity contribution in [2.24, 2.45) is 4.99 Å². The van der Waals surface area contributed by atoms with Crippen molar-refractivity contribution in [2.45, 2.75) is 13.5 Å². The lowest BCUT2D eigenvalue weighted by atomic mass is 10.2. The fourth-order valence-corrected chi connectivity index (χ4v) is 1.35. The maximum atomic E-state index is 13.0. The summed E-state index contributed by atoms with van der Waals surface area (Å²) < 4.78 is 43.6. The van der Waals surface area contributed by atoms with Gasteiger partial charge in [0.15, 0.2) is 17.5 Å². The van der Waals surface area contributed by atoms with Crippen molar-refractivity contribution in [3.63, 3.8) is 0 Å². The number of allylic oxidation sites excluding steroid dienone is 1. The number of ether oxygens (including phenoxy) is 1. The Morgan fingerprint density at radius 1 is 1.25 bits per heavy atom. The molecule has 6 heteroatoms. The van der Waals surface area contributed by atoms with Gasteiger partial charge in [0.05, 0.1) is 12.8 Å². The number of rotatable bonds is 6. The molecule has 1 N–H and O–H groups in total. The predicted molar refractivity (Wildman–Crippen MR) is 71.6 cm³/mol. The third kappa shape index (κ3) is 4.15. The van der Waals surface area contributed by atoms with Crippen LogP contribution in [0.2, 0.25) is 0 Å².